The fourth-order valence-corrected chi connectivity index (χ4v) is 6.49. The summed E-state index contributed by atoms with van der Waals surface area (Å²) in [5.41, 5.74) is 6.16. The van der Waals surface area contributed by atoms with Gasteiger partial charge in [0.15, 0.2) is 0 Å². The zero-order chi connectivity index (χ0) is 21.0. The number of hydrogen-bond donors (Lipinski definition) is 3. The van der Waals surface area contributed by atoms with E-state index in [9.17, 15) is 18.0 Å². The van der Waals surface area contributed by atoms with Crippen molar-refractivity contribution in [2.75, 3.05) is 4.72 Å². The van der Waals surface area contributed by atoms with Crippen molar-refractivity contribution in [3.05, 3.63) is 29.8 Å². The molecule has 4 bridgehead atoms. The Kier molecular flexibility index (Phi) is 4.88. The summed E-state index contributed by atoms with van der Waals surface area (Å²) in [5.74, 6) is 0.690. The summed E-state index contributed by atoms with van der Waals surface area (Å²) in [7, 11) is -3.48. The van der Waals surface area contributed by atoms with Crippen molar-refractivity contribution in [1.82, 2.24) is 5.32 Å². The van der Waals surface area contributed by atoms with E-state index in [2.05, 4.69) is 10.0 Å². The van der Waals surface area contributed by atoms with Crippen LogP contribution >= 0.6 is 0 Å². The highest BCUT2D eigenvalue weighted by Gasteiger charge is 2.58. The van der Waals surface area contributed by atoms with Crippen LogP contribution in [0.4, 0.5) is 5.69 Å². The Morgan fingerprint density at radius 1 is 1.14 bits per heavy atom. The number of amides is 2. The van der Waals surface area contributed by atoms with Crippen molar-refractivity contribution in [1.29, 1.82) is 0 Å². The maximum absolute atomic E-state index is 12.9. The molecular weight excluding hydrogens is 390 g/mol. The molecule has 4 saturated carbocycles. The van der Waals surface area contributed by atoms with Crippen LogP contribution in [0.25, 0.3) is 0 Å². The normalized spacial score (nSPS) is 32.9. The summed E-state index contributed by atoms with van der Waals surface area (Å²) in [5, 5.41) is 2.61. The van der Waals surface area contributed by atoms with Crippen LogP contribution in [0.15, 0.2) is 24.3 Å². The lowest BCUT2D eigenvalue weighted by molar-refractivity contribution is -0.145. The molecule has 2 atom stereocenters. The van der Waals surface area contributed by atoms with Gasteiger partial charge in [0.05, 0.1) is 5.25 Å². The molecule has 2 amide bonds. The molecule has 1 aromatic rings. The summed E-state index contributed by atoms with van der Waals surface area (Å²) >= 11 is 0. The van der Waals surface area contributed by atoms with Gasteiger partial charge in [0.1, 0.15) is 0 Å². The number of sulfonamides is 1. The molecule has 1 aromatic carbocycles. The molecule has 0 aromatic heterocycles. The van der Waals surface area contributed by atoms with Gasteiger partial charge in [0, 0.05) is 22.7 Å². The standard InChI is InChI=1S/C21H29N3O4S/c1-12(2)29(27,28)24-17-5-3-4-14(8-17)19(25)23-18-15-6-13-7-16(18)11-21(9-13,10-15)20(22)26/h3-5,8,12-13,15-16,18,24H,6-7,9-11H2,1-2H3,(H2,22,26)(H,23,25). The maximum Gasteiger partial charge on any atom is 0.251 e. The van der Waals surface area contributed by atoms with Gasteiger partial charge < -0.3 is 11.1 Å². The number of carbonyl (C=O) groups excluding carboxylic acids is 2. The van der Waals surface area contributed by atoms with Gasteiger partial charge in [-0.15, -0.1) is 0 Å². The number of benzene rings is 1. The molecule has 29 heavy (non-hydrogen) atoms. The minimum absolute atomic E-state index is 0.0440. The Hall–Kier alpha value is -2.09. The van der Waals surface area contributed by atoms with Crippen molar-refractivity contribution in [3.63, 3.8) is 0 Å². The number of primary amides is 1. The van der Waals surface area contributed by atoms with E-state index in [4.69, 9.17) is 5.73 Å². The van der Waals surface area contributed by atoms with Gasteiger partial charge in [-0.3, -0.25) is 14.3 Å². The van der Waals surface area contributed by atoms with Crippen LogP contribution in [-0.2, 0) is 14.8 Å². The monoisotopic (exact) mass is 419 g/mol. The molecule has 4 aliphatic rings. The Bertz CT molecular complexity index is 927. The molecular formula is C21H29N3O4S. The quantitative estimate of drug-likeness (QED) is 0.655. The van der Waals surface area contributed by atoms with E-state index >= 15 is 0 Å². The van der Waals surface area contributed by atoms with Crippen molar-refractivity contribution in [2.24, 2.45) is 28.9 Å². The molecule has 5 rings (SSSR count). The Morgan fingerprint density at radius 3 is 2.38 bits per heavy atom. The van der Waals surface area contributed by atoms with Gasteiger partial charge in [0.2, 0.25) is 15.9 Å². The van der Waals surface area contributed by atoms with Gasteiger partial charge in [-0.25, -0.2) is 8.42 Å². The lowest BCUT2D eigenvalue weighted by Crippen LogP contribution is -2.62. The topological polar surface area (TPSA) is 118 Å². The van der Waals surface area contributed by atoms with Gasteiger partial charge in [-0.05, 0) is 81.9 Å². The molecule has 4 fully saturated rings. The number of nitrogens with one attached hydrogen (secondary N) is 2. The Balaban J connectivity index is 1.48. The van der Waals surface area contributed by atoms with Crippen LogP contribution in [-0.4, -0.2) is 31.5 Å². The van der Waals surface area contributed by atoms with E-state index in [1.807, 2.05) is 0 Å². The third kappa shape index (κ3) is 3.63. The highest BCUT2D eigenvalue weighted by Crippen LogP contribution is 2.59. The van der Waals surface area contributed by atoms with Crippen LogP contribution in [0.5, 0.6) is 0 Å². The van der Waals surface area contributed by atoms with Gasteiger partial charge in [-0.1, -0.05) is 6.07 Å². The number of hydrogen-bond acceptors (Lipinski definition) is 4. The van der Waals surface area contributed by atoms with E-state index in [0.717, 1.165) is 32.1 Å². The summed E-state index contributed by atoms with van der Waals surface area (Å²) < 4.78 is 26.7. The molecule has 8 heteroatoms. The summed E-state index contributed by atoms with van der Waals surface area (Å²) in [4.78, 5) is 25.0. The molecule has 4 N–H and O–H groups in total. The first-order valence-corrected chi connectivity index (χ1v) is 11.9. The van der Waals surface area contributed by atoms with Crippen molar-refractivity contribution < 1.29 is 18.0 Å². The zero-order valence-electron chi connectivity index (χ0n) is 16.9. The molecule has 158 valence electrons. The van der Waals surface area contributed by atoms with Gasteiger partial charge in [0.25, 0.3) is 5.91 Å². The predicted octanol–water partition coefficient (Wildman–Crippen LogP) is 2.25. The number of anilines is 1. The number of rotatable bonds is 6. The number of nitrogens with two attached hydrogens (primary N) is 1. The fraction of sp³-hybridized carbons (Fsp3) is 0.619. The molecule has 0 saturated heterocycles. The van der Waals surface area contributed by atoms with Crippen molar-refractivity contribution >= 4 is 27.5 Å². The third-order valence-corrected chi connectivity index (χ3v) is 8.86. The third-order valence-electron chi connectivity index (χ3n) is 7.10. The first-order chi connectivity index (χ1) is 13.6. The van der Waals surface area contributed by atoms with E-state index in [1.54, 1.807) is 38.1 Å². The van der Waals surface area contributed by atoms with Gasteiger partial charge >= 0.3 is 0 Å². The SMILES string of the molecule is CC(C)S(=O)(=O)Nc1cccc(C(=O)NC2C3CC4CC2CC(C(N)=O)(C4)C3)c1. The molecule has 0 aliphatic heterocycles. The van der Waals surface area contributed by atoms with Crippen molar-refractivity contribution in [2.45, 2.75) is 57.2 Å². The summed E-state index contributed by atoms with van der Waals surface area (Å²) in [6.07, 6.45) is 4.48. The molecule has 7 nitrogen and oxygen atoms in total. The van der Waals surface area contributed by atoms with E-state index in [-0.39, 0.29) is 35.1 Å². The Labute approximate surface area is 171 Å². The lowest BCUT2D eigenvalue weighted by Gasteiger charge is -2.58. The lowest BCUT2D eigenvalue weighted by atomic mass is 9.47. The molecule has 4 aliphatic carbocycles. The molecule has 0 radical (unpaired) electrons. The summed E-state index contributed by atoms with van der Waals surface area (Å²) in [6.45, 7) is 3.20. The highest BCUT2D eigenvalue weighted by atomic mass is 32.2. The van der Waals surface area contributed by atoms with E-state index in [1.165, 1.54) is 0 Å². The predicted molar refractivity (Wildman–Crippen MR) is 111 cm³/mol. The minimum atomic E-state index is -3.48. The number of carbonyl (C=O) groups is 2. The van der Waals surface area contributed by atoms with Crippen LogP contribution in [0.3, 0.4) is 0 Å². The smallest absolute Gasteiger partial charge is 0.251 e. The maximum atomic E-state index is 12.9. The average molecular weight is 420 g/mol. The molecule has 2 unspecified atom stereocenters. The molecule has 0 heterocycles. The second-order valence-electron chi connectivity index (χ2n) is 9.39. The van der Waals surface area contributed by atoms with Crippen LogP contribution < -0.4 is 15.8 Å². The minimum Gasteiger partial charge on any atom is -0.369 e. The Morgan fingerprint density at radius 2 is 1.79 bits per heavy atom. The largest absolute Gasteiger partial charge is 0.369 e. The van der Waals surface area contributed by atoms with E-state index < -0.39 is 15.3 Å². The van der Waals surface area contributed by atoms with E-state index in [0.29, 0.717) is 17.2 Å². The second-order valence-corrected chi connectivity index (χ2v) is 11.6. The fourth-order valence-electron chi connectivity index (χ4n) is 5.80. The highest BCUT2D eigenvalue weighted by molar-refractivity contribution is 7.93. The van der Waals surface area contributed by atoms with Gasteiger partial charge in [-0.2, -0.15) is 0 Å². The van der Waals surface area contributed by atoms with Crippen molar-refractivity contribution in [3.8, 4) is 0 Å². The van der Waals surface area contributed by atoms with Crippen LogP contribution in [0.2, 0.25) is 0 Å². The zero-order valence-corrected chi connectivity index (χ0v) is 17.7. The van der Waals surface area contributed by atoms with Crippen LogP contribution in [0.1, 0.15) is 56.3 Å². The molecule has 0 spiro atoms. The summed E-state index contributed by atoms with van der Waals surface area (Å²) in [6, 6.07) is 6.60. The van der Waals surface area contributed by atoms with Crippen LogP contribution in [0, 0.1) is 23.2 Å². The first-order valence-electron chi connectivity index (χ1n) is 10.3. The second kappa shape index (κ2) is 7.00. The average Bonchev–Trinajstić information content (AvgIpc) is 2.63. The first kappa shape index (κ1) is 20.2.